The van der Waals surface area contributed by atoms with Gasteiger partial charge in [-0.05, 0) is 24.7 Å². The molecule has 0 radical (unpaired) electrons. The molecule has 0 bridgehead atoms. The summed E-state index contributed by atoms with van der Waals surface area (Å²) in [6.45, 7) is 7.18. The molecule has 1 aromatic heterocycles. The van der Waals surface area contributed by atoms with Crippen LogP contribution in [-0.2, 0) is 13.1 Å². The highest BCUT2D eigenvalue weighted by Crippen LogP contribution is 2.27. The zero-order valence-electron chi connectivity index (χ0n) is 12.6. The van der Waals surface area contributed by atoms with Gasteiger partial charge in [-0.1, -0.05) is 13.8 Å². The second-order valence-electron chi connectivity index (χ2n) is 5.64. The van der Waals surface area contributed by atoms with Gasteiger partial charge in [0, 0.05) is 32.5 Å². The van der Waals surface area contributed by atoms with Crippen LogP contribution in [0.15, 0.2) is 17.4 Å². The van der Waals surface area contributed by atoms with Gasteiger partial charge in [0.2, 0.25) is 0 Å². The minimum Gasteiger partial charge on any atom is -0.356 e. The fourth-order valence-electron chi connectivity index (χ4n) is 2.01. The number of halogens is 1. The van der Waals surface area contributed by atoms with Crippen molar-refractivity contribution in [3.05, 3.63) is 18.2 Å². The number of nitrogens with one attached hydrogen (secondary N) is 2. The first kappa shape index (κ1) is 17.3. The quantitative estimate of drug-likeness (QED) is 0.444. The highest BCUT2D eigenvalue weighted by atomic mass is 127. The smallest absolute Gasteiger partial charge is 0.191 e. The first-order chi connectivity index (χ1) is 9.19. The molecule has 1 aliphatic carbocycles. The van der Waals surface area contributed by atoms with E-state index < -0.39 is 0 Å². The van der Waals surface area contributed by atoms with Crippen molar-refractivity contribution >= 4 is 29.9 Å². The molecule has 0 atom stereocenters. The van der Waals surface area contributed by atoms with E-state index in [4.69, 9.17) is 0 Å². The molecule has 1 aromatic rings. The molecule has 1 saturated carbocycles. The maximum Gasteiger partial charge on any atom is 0.191 e. The van der Waals surface area contributed by atoms with Gasteiger partial charge < -0.3 is 15.2 Å². The van der Waals surface area contributed by atoms with Crippen molar-refractivity contribution in [1.82, 2.24) is 20.2 Å². The largest absolute Gasteiger partial charge is 0.356 e. The molecule has 0 aromatic carbocycles. The Balaban J connectivity index is 0.00000200. The first-order valence-corrected chi connectivity index (χ1v) is 7.13. The molecule has 114 valence electrons. The molecular weight excluding hydrogens is 365 g/mol. The fraction of sp³-hybridized carbons (Fsp3) is 0.714. The summed E-state index contributed by atoms with van der Waals surface area (Å²) in [6, 6.07) is 0. The van der Waals surface area contributed by atoms with Crippen LogP contribution in [-0.4, -0.2) is 29.1 Å². The van der Waals surface area contributed by atoms with Crippen molar-refractivity contribution in [1.29, 1.82) is 0 Å². The Morgan fingerprint density at radius 2 is 2.20 bits per heavy atom. The number of aliphatic imine (C=N–C) groups is 1. The van der Waals surface area contributed by atoms with Gasteiger partial charge in [-0.3, -0.25) is 4.99 Å². The van der Waals surface area contributed by atoms with Gasteiger partial charge in [0.25, 0.3) is 0 Å². The number of imidazole rings is 1. The van der Waals surface area contributed by atoms with Crippen molar-refractivity contribution in [2.24, 2.45) is 16.8 Å². The molecule has 0 unspecified atom stereocenters. The third-order valence-electron chi connectivity index (χ3n) is 3.26. The van der Waals surface area contributed by atoms with Crippen LogP contribution in [0, 0.1) is 11.8 Å². The van der Waals surface area contributed by atoms with E-state index in [1.165, 1.54) is 12.8 Å². The van der Waals surface area contributed by atoms with E-state index in [1.54, 1.807) is 0 Å². The van der Waals surface area contributed by atoms with Gasteiger partial charge in [-0.25, -0.2) is 4.98 Å². The summed E-state index contributed by atoms with van der Waals surface area (Å²) in [5.41, 5.74) is 0. The van der Waals surface area contributed by atoms with Crippen molar-refractivity contribution < 1.29 is 0 Å². The molecule has 0 saturated heterocycles. The molecule has 1 aliphatic rings. The average Bonchev–Trinajstić information content (AvgIpc) is 3.10. The lowest BCUT2D eigenvalue weighted by atomic mass is 10.2. The van der Waals surface area contributed by atoms with Crippen molar-refractivity contribution in [2.45, 2.75) is 39.8 Å². The van der Waals surface area contributed by atoms with Gasteiger partial charge in [-0.2, -0.15) is 0 Å². The van der Waals surface area contributed by atoms with E-state index in [2.05, 4.69) is 39.0 Å². The predicted molar refractivity (Wildman–Crippen MR) is 93.4 cm³/mol. The summed E-state index contributed by atoms with van der Waals surface area (Å²) in [5, 5.41) is 6.68. The van der Waals surface area contributed by atoms with Crippen molar-refractivity contribution in [3.8, 4) is 0 Å². The second kappa shape index (κ2) is 8.49. The van der Waals surface area contributed by atoms with Crippen molar-refractivity contribution in [2.75, 3.05) is 13.6 Å². The first-order valence-electron chi connectivity index (χ1n) is 7.13. The Labute approximate surface area is 138 Å². The maximum absolute atomic E-state index is 4.40. The SMILES string of the molecule is CN=C(NCc1nccn1CC(C)C)NCC1CC1.I. The predicted octanol–water partition coefficient (Wildman–Crippen LogP) is 2.23. The average molecular weight is 391 g/mol. The third kappa shape index (κ3) is 5.68. The van der Waals surface area contributed by atoms with Crippen LogP contribution in [0.5, 0.6) is 0 Å². The highest BCUT2D eigenvalue weighted by Gasteiger charge is 2.21. The zero-order valence-corrected chi connectivity index (χ0v) is 14.9. The molecule has 0 amide bonds. The molecule has 5 nitrogen and oxygen atoms in total. The normalized spacial score (nSPS) is 15.1. The molecule has 0 aliphatic heterocycles. The van der Waals surface area contributed by atoms with E-state index in [1.807, 2.05) is 19.4 Å². The molecular formula is C14H26IN5. The van der Waals surface area contributed by atoms with Crippen LogP contribution in [0.25, 0.3) is 0 Å². The van der Waals surface area contributed by atoms with Crippen molar-refractivity contribution in [3.63, 3.8) is 0 Å². The summed E-state index contributed by atoms with van der Waals surface area (Å²) >= 11 is 0. The minimum absolute atomic E-state index is 0. The summed E-state index contributed by atoms with van der Waals surface area (Å²) in [6.07, 6.45) is 6.60. The number of aromatic nitrogens is 2. The summed E-state index contributed by atoms with van der Waals surface area (Å²) in [7, 11) is 1.81. The van der Waals surface area contributed by atoms with Gasteiger partial charge in [0.15, 0.2) is 5.96 Å². The topological polar surface area (TPSA) is 54.2 Å². The maximum atomic E-state index is 4.40. The molecule has 2 N–H and O–H groups in total. The Bertz CT molecular complexity index is 423. The summed E-state index contributed by atoms with van der Waals surface area (Å²) in [4.78, 5) is 8.64. The van der Waals surface area contributed by atoms with Crippen LogP contribution < -0.4 is 10.6 Å². The third-order valence-corrected chi connectivity index (χ3v) is 3.26. The Morgan fingerprint density at radius 3 is 2.80 bits per heavy atom. The van der Waals surface area contributed by atoms with Gasteiger partial charge in [0.1, 0.15) is 5.82 Å². The van der Waals surface area contributed by atoms with Crippen LogP contribution in [0.2, 0.25) is 0 Å². The molecule has 20 heavy (non-hydrogen) atoms. The molecule has 1 heterocycles. The summed E-state index contributed by atoms with van der Waals surface area (Å²) in [5.74, 6) is 3.40. The van der Waals surface area contributed by atoms with Crippen LogP contribution in [0.3, 0.4) is 0 Å². The van der Waals surface area contributed by atoms with Crippen LogP contribution in [0.4, 0.5) is 0 Å². The zero-order chi connectivity index (χ0) is 13.7. The second-order valence-corrected chi connectivity index (χ2v) is 5.64. The van der Waals surface area contributed by atoms with E-state index >= 15 is 0 Å². The Hall–Kier alpha value is -0.790. The minimum atomic E-state index is 0. The molecule has 0 spiro atoms. The van der Waals surface area contributed by atoms with E-state index in [0.29, 0.717) is 12.5 Å². The monoisotopic (exact) mass is 391 g/mol. The van der Waals surface area contributed by atoms with Gasteiger partial charge in [-0.15, -0.1) is 24.0 Å². The highest BCUT2D eigenvalue weighted by molar-refractivity contribution is 14.0. The number of rotatable bonds is 6. The van der Waals surface area contributed by atoms with E-state index in [-0.39, 0.29) is 24.0 Å². The van der Waals surface area contributed by atoms with E-state index in [9.17, 15) is 0 Å². The molecule has 1 fully saturated rings. The summed E-state index contributed by atoms with van der Waals surface area (Å²) < 4.78 is 2.20. The molecule has 6 heteroatoms. The fourth-order valence-corrected chi connectivity index (χ4v) is 2.01. The lowest BCUT2D eigenvalue weighted by Crippen LogP contribution is -2.38. The Kier molecular flexibility index (Phi) is 7.32. The van der Waals surface area contributed by atoms with Gasteiger partial charge >= 0.3 is 0 Å². The lowest BCUT2D eigenvalue weighted by Gasteiger charge is -2.13. The number of hydrogen-bond donors (Lipinski definition) is 2. The number of nitrogens with zero attached hydrogens (tertiary/aromatic N) is 3. The Morgan fingerprint density at radius 1 is 1.45 bits per heavy atom. The standard InChI is InChI=1S/C14H25N5.HI/c1-11(2)10-19-7-6-16-13(19)9-18-14(15-3)17-8-12-4-5-12;/h6-7,11-12H,4-5,8-10H2,1-3H3,(H2,15,17,18);1H. The molecule has 2 rings (SSSR count). The van der Waals surface area contributed by atoms with Crippen LogP contribution >= 0.6 is 24.0 Å². The van der Waals surface area contributed by atoms with E-state index in [0.717, 1.165) is 30.8 Å². The van der Waals surface area contributed by atoms with Gasteiger partial charge in [0.05, 0.1) is 6.54 Å². The number of guanidine groups is 1. The lowest BCUT2D eigenvalue weighted by molar-refractivity contribution is 0.503. The van der Waals surface area contributed by atoms with Crippen LogP contribution in [0.1, 0.15) is 32.5 Å². The number of hydrogen-bond acceptors (Lipinski definition) is 2.